The molecule has 0 spiro atoms. The molecular formula is C21H17FO3. The highest BCUT2D eigenvalue weighted by molar-refractivity contribution is 6.06. The molecule has 0 aliphatic carbocycles. The number of carbonyl (C=O) groups excluding carboxylic acids is 1. The van der Waals surface area contributed by atoms with E-state index in [0.717, 1.165) is 11.3 Å². The fourth-order valence-corrected chi connectivity index (χ4v) is 2.30. The molecule has 3 nitrogen and oxygen atoms in total. The first-order chi connectivity index (χ1) is 12.1. The van der Waals surface area contributed by atoms with Gasteiger partial charge in [-0.3, -0.25) is 4.79 Å². The van der Waals surface area contributed by atoms with Crippen LogP contribution in [0.1, 0.15) is 27.4 Å². The zero-order valence-corrected chi connectivity index (χ0v) is 13.7. The molecule has 3 aromatic rings. The van der Waals surface area contributed by atoms with Gasteiger partial charge in [-0.15, -0.1) is 0 Å². The number of halogens is 1. The minimum atomic E-state index is -0.371. The number of ketones is 1. The lowest BCUT2D eigenvalue weighted by Gasteiger charge is -2.06. The topological polar surface area (TPSA) is 39.4 Å². The summed E-state index contributed by atoms with van der Waals surface area (Å²) in [5.41, 5.74) is 1.48. The van der Waals surface area contributed by atoms with E-state index >= 15 is 0 Å². The van der Waals surface area contributed by atoms with Crippen LogP contribution >= 0.6 is 0 Å². The van der Waals surface area contributed by atoms with Crippen LogP contribution < -0.4 is 4.74 Å². The van der Waals surface area contributed by atoms with Crippen LogP contribution in [0.3, 0.4) is 0 Å². The third kappa shape index (κ3) is 4.44. The second-order valence-electron chi connectivity index (χ2n) is 5.56. The number of para-hydroxylation sites is 1. The van der Waals surface area contributed by atoms with Gasteiger partial charge in [0, 0.05) is 5.56 Å². The summed E-state index contributed by atoms with van der Waals surface area (Å²) in [6.45, 7) is 2.29. The van der Waals surface area contributed by atoms with Gasteiger partial charge in [0.25, 0.3) is 0 Å². The molecule has 0 atom stereocenters. The number of carbonyl (C=O) groups is 1. The first-order valence-corrected chi connectivity index (χ1v) is 7.87. The van der Waals surface area contributed by atoms with Crippen LogP contribution in [0.2, 0.25) is 0 Å². The van der Waals surface area contributed by atoms with E-state index in [4.69, 9.17) is 9.15 Å². The Morgan fingerprint density at radius 3 is 2.60 bits per heavy atom. The highest BCUT2D eigenvalue weighted by Gasteiger charge is 2.05. The zero-order chi connectivity index (χ0) is 17.6. The van der Waals surface area contributed by atoms with Crippen LogP contribution in [0.4, 0.5) is 4.39 Å². The third-order valence-corrected chi connectivity index (χ3v) is 3.67. The molecule has 0 saturated heterocycles. The summed E-state index contributed by atoms with van der Waals surface area (Å²) in [5.74, 6) is 1.44. The summed E-state index contributed by atoms with van der Waals surface area (Å²) in [6.07, 6.45) is 2.99. The number of hydrogen-bond acceptors (Lipinski definition) is 3. The van der Waals surface area contributed by atoms with Gasteiger partial charge >= 0.3 is 0 Å². The second kappa shape index (κ2) is 7.62. The van der Waals surface area contributed by atoms with Crippen LogP contribution in [0.15, 0.2) is 71.2 Å². The number of ether oxygens (including phenoxy) is 1. The summed E-state index contributed by atoms with van der Waals surface area (Å²) in [6, 6.07) is 16.7. The Balaban J connectivity index is 1.60. The monoisotopic (exact) mass is 336 g/mol. The molecule has 126 valence electrons. The van der Waals surface area contributed by atoms with E-state index in [2.05, 4.69) is 0 Å². The molecule has 0 saturated carbocycles. The molecule has 3 rings (SSSR count). The van der Waals surface area contributed by atoms with E-state index in [1.165, 1.54) is 30.3 Å². The molecule has 0 radical (unpaired) electrons. The van der Waals surface area contributed by atoms with Crippen molar-refractivity contribution in [2.75, 3.05) is 0 Å². The Morgan fingerprint density at radius 2 is 1.84 bits per heavy atom. The Labute approximate surface area is 145 Å². The molecule has 1 aromatic heterocycles. The summed E-state index contributed by atoms with van der Waals surface area (Å²) in [7, 11) is 0. The second-order valence-corrected chi connectivity index (χ2v) is 5.56. The number of allylic oxidation sites excluding steroid dienone is 1. The van der Waals surface area contributed by atoms with Gasteiger partial charge in [0.15, 0.2) is 5.78 Å². The average molecular weight is 336 g/mol. The van der Waals surface area contributed by atoms with E-state index < -0.39 is 0 Å². The summed E-state index contributed by atoms with van der Waals surface area (Å²) < 4.78 is 24.2. The van der Waals surface area contributed by atoms with Crippen molar-refractivity contribution in [2.45, 2.75) is 13.5 Å². The van der Waals surface area contributed by atoms with Crippen LogP contribution in [0, 0.1) is 12.7 Å². The molecular weight excluding hydrogens is 319 g/mol. The fraction of sp³-hybridized carbons (Fsp3) is 0.0952. The normalized spacial score (nSPS) is 11.0. The fourth-order valence-electron chi connectivity index (χ4n) is 2.30. The van der Waals surface area contributed by atoms with E-state index in [1.807, 2.05) is 31.2 Å². The maximum Gasteiger partial charge on any atom is 0.185 e. The summed E-state index contributed by atoms with van der Waals surface area (Å²) in [4.78, 5) is 12.0. The lowest BCUT2D eigenvalue weighted by molar-refractivity contribution is 0.104. The highest BCUT2D eigenvalue weighted by Crippen LogP contribution is 2.19. The number of furan rings is 1. The molecule has 0 aliphatic rings. The predicted molar refractivity (Wildman–Crippen MR) is 94.0 cm³/mol. The van der Waals surface area contributed by atoms with Crippen molar-refractivity contribution in [2.24, 2.45) is 0 Å². The Bertz CT molecular complexity index is 892. The lowest BCUT2D eigenvalue weighted by Crippen LogP contribution is -1.95. The highest BCUT2D eigenvalue weighted by atomic mass is 19.1. The number of benzene rings is 2. The van der Waals surface area contributed by atoms with Gasteiger partial charge in [0.05, 0.1) is 0 Å². The molecule has 0 bridgehead atoms. The first kappa shape index (κ1) is 16.7. The van der Waals surface area contributed by atoms with Crippen LogP contribution in [-0.4, -0.2) is 5.78 Å². The van der Waals surface area contributed by atoms with Crippen molar-refractivity contribution >= 4 is 11.9 Å². The molecule has 0 aliphatic heterocycles. The minimum absolute atomic E-state index is 0.214. The standard InChI is InChI=1S/C21H17FO3/c1-15-4-2-3-5-21(15)24-14-19-11-10-18(25-19)12-13-20(23)16-6-8-17(22)9-7-16/h2-13H,14H2,1H3/b13-12+. The predicted octanol–water partition coefficient (Wildman–Crippen LogP) is 5.20. The number of aryl methyl sites for hydroxylation is 1. The number of rotatable bonds is 6. The maximum atomic E-state index is 12.9. The van der Waals surface area contributed by atoms with E-state index in [1.54, 1.807) is 18.2 Å². The zero-order valence-electron chi connectivity index (χ0n) is 13.7. The smallest absolute Gasteiger partial charge is 0.185 e. The first-order valence-electron chi connectivity index (χ1n) is 7.87. The van der Waals surface area contributed by atoms with Crippen molar-refractivity contribution in [1.29, 1.82) is 0 Å². The Kier molecular flexibility index (Phi) is 5.09. The molecule has 0 amide bonds. The Morgan fingerprint density at radius 1 is 1.08 bits per heavy atom. The Hall–Kier alpha value is -3.14. The van der Waals surface area contributed by atoms with Crippen molar-refractivity contribution in [1.82, 2.24) is 0 Å². The van der Waals surface area contributed by atoms with Gasteiger partial charge in [-0.05, 0) is 67.1 Å². The van der Waals surface area contributed by atoms with Gasteiger partial charge in [-0.2, -0.15) is 0 Å². The van der Waals surface area contributed by atoms with Crippen molar-refractivity contribution < 1.29 is 18.3 Å². The SMILES string of the molecule is Cc1ccccc1OCc1ccc(/C=C/C(=O)c2ccc(F)cc2)o1. The summed E-state index contributed by atoms with van der Waals surface area (Å²) >= 11 is 0. The van der Waals surface area contributed by atoms with Crippen molar-refractivity contribution in [3.05, 3.63) is 95.2 Å². The molecule has 0 unspecified atom stereocenters. The van der Waals surface area contributed by atoms with Crippen molar-refractivity contribution in [3.63, 3.8) is 0 Å². The molecule has 1 heterocycles. The van der Waals surface area contributed by atoms with Gasteiger partial charge < -0.3 is 9.15 Å². The molecule has 4 heteroatoms. The largest absolute Gasteiger partial charge is 0.485 e. The van der Waals surface area contributed by atoms with Gasteiger partial charge in [-0.1, -0.05) is 18.2 Å². The number of hydrogen-bond donors (Lipinski definition) is 0. The molecule has 0 fully saturated rings. The van der Waals surface area contributed by atoms with E-state index in [9.17, 15) is 9.18 Å². The van der Waals surface area contributed by atoms with Crippen LogP contribution in [-0.2, 0) is 6.61 Å². The molecule has 2 aromatic carbocycles. The van der Waals surface area contributed by atoms with Gasteiger partial charge in [0.1, 0.15) is 29.7 Å². The molecule has 25 heavy (non-hydrogen) atoms. The lowest BCUT2D eigenvalue weighted by atomic mass is 10.1. The van der Waals surface area contributed by atoms with Crippen LogP contribution in [0.25, 0.3) is 6.08 Å². The minimum Gasteiger partial charge on any atom is -0.485 e. The van der Waals surface area contributed by atoms with E-state index in [-0.39, 0.29) is 11.6 Å². The maximum absolute atomic E-state index is 12.9. The van der Waals surface area contributed by atoms with Gasteiger partial charge in [0.2, 0.25) is 0 Å². The quantitative estimate of drug-likeness (QED) is 0.459. The summed E-state index contributed by atoms with van der Waals surface area (Å²) in [5, 5.41) is 0. The molecule has 0 N–H and O–H groups in total. The average Bonchev–Trinajstić information content (AvgIpc) is 3.07. The van der Waals surface area contributed by atoms with Crippen molar-refractivity contribution in [3.8, 4) is 5.75 Å². The van der Waals surface area contributed by atoms with Crippen LogP contribution in [0.5, 0.6) is 5.75 Å². The third-order valence-electron chi connectivity index (χ3n) is 3.67. The van der Waals surface area contributed by atoms with Gasteiger partial charge in [-0.25, -0.2) is 4.39 Å². The van der Waals surface area contributed by atoms with E-state index in [0.29, 0.717) is 23.7 Å².